The van der Waals surface area contributed by atoms with Gasteiger partial charge in [-0.3, -0.25) is 0 Å². The highest BCUT2D eigenvalue weighted by Crippen LogP contribution is 2.20. The number of rotatable bonds is 3. The number of hydrogen-bond acceptors (Lipinski definition) is 2. The van der Waals surface area contributed by atoms with Gasteiger partial charge in [0.05, 0.1) is 0 Å². The molecule has 15 heavy (non-hydrogen) atoms. The smallest absolute Gasteiger partial charge is 0.0408 e. The topological polar surface area (TPSA) is 26.0 Å². The number of halogens is 1. The molecule has 1 nitrogen and oxygen atoms in total. The molecule has 1 aromatic heterocycles. The van der Waals surface area contributed by atoms with Gasteiger partial charge in [0.25, 0.3) is 0 Å². The molecule has 0 spiro atoms. The first-order valence-corrected chi connectivity index (χ1v) is 6.10. The summed E-state index contributed by atoms with van der Waals surface area (Å²) in [6.07, 6.45) is 0.831. The maximum atomic E-state index is 6.09. The van der Waals surface area contributed by atoms with E-state index < -0.39 is 0 Å². The average Bonchev–Trinajstić information content (AvgIpc) is 2.70. The normalized spacial score (nSPS) is 12.7. The van der Waals surface area contributed by atoms with Gasteiger partial charge in [0.2, 0.25) is 0 Å². The Morgan fingerprint density at radius 1 is 1.33 bits per heavy atom. The Balaban J connectivity index is 2.09. The first kappa shape index (κ1) is 10.7. The highest BCUT2D eigenvalue weighted by atomic mass is 35.5. The van der Waals surface area contributed by atoms with E-state index in [0.717, 1.165) is 11.4 Å². The van der Waals surface area contributed by atoms with E-state index in [2.05, 4.69) is 17.5 Å². The van der Waals surface area contributed by atoms with Gasteiger partial charge in [-0.1, -0.05) is 23.7 Å². The van der Waals surface area contributed by atoms with Gasteiger partial charge in [-0.2, -0.15) is 11.3 Å². The molecule has 0 amide bonds. The molecule has 78 valence electrons. The van der Waals surface area contributed by atoms with Crippen molar-refractivity contribution >= 4 is 22.9 Å². The molecular formula is C12H12ClNS. The third kappa shape index (κ3) is 2.81. The van der Waals surface area contributed by atoms with Gasteiger partial charge in [0.15, 0.2) is 0 Å². The fraction of sp³-hybridized carbons (Fsp3) is 0.167. The molecular weight excluding hydrogens is 226 g/mol. The zero-order valence-corrected chi connectivity index (χ0v) is 9.76. The van der Waals surface area contributed by atoms with Gasteiger partial charge in [-0.25, -0.2) is 0 Å². The molecule has 0 aliphatic carbocycles. The molecule has 0 aliphatic heterocycles. The number of hydrogen-bond donors (Lipinski definition) is 1. The van der Waals surface area contributed by atoms with E-state index in [9.17, 15) is 0 Å². The summed E-state index contributed by atoms with van der Waals surface area (Å²) in [7, 11) is 0. The van der Waals surface area contributed by atoms with E-state index in [-0.39, 0.29) is 6.04 Å². The van der Waals surface area contributed by atoms with Gasteiger partial charge in [-0.15, -0.1) is 0 Å². The van der Waals surface area contributed by atoms with Crippen LogP contribution in [-0.2, 0) is 6.42 Å². The summed E-state index contributed by atoms with van der Waals surface area (Å²) in [4.78, 5) is 0. The number of thiophene rings is 1. The quantitative estimate of drug-likeness (QED) is 0.867. The molecule has 0 radical (unpaired) electrons. The van der Waals surface area contributed by atoms with E-state index in [1.54, 1.807) is 11.3 Å². The summed E-state index contributed by atoms with van der Waals surface area (Å²) in [5, 5.41) is 4.91. The van der Waals surface area contributed by atoms with Crippen molar-refractivity contribution in [3.05, 3.63) is 57.2 Å². The molecule has 1 heterocycles. The van der Waals surface area contributed by atoms with Crippen LogP contribution in [0, 0.1) is 0 Å². The first-order valence-electron chi connectivity index (χ1n) is 4.78. The van der Waals surface area contributed by atoms with Crippen LogP contribution in [-0.4, -0.2) is 0 Å². The van der Waals surface area contributed by atoms with Gasteiger partial charge < -0.3 is 5.73 Å². The Bertz CT molecular complexity index is 425. The number of benzene rings is 1. The van der Waals surface area contributed by atoms with Crippen LogP contribution in [0.3, 0.4) is 0 Å². The molecule has 2 N–H and O–H groups in total. The van der Waals surface area contributed by atoms with E-state index in [1.807, 2.05) is 23.6 Å². The van der Waals surface area contributed by atoms with Crippen LogP contribution in [0.2, 0.25) is 5.02 Å². The first-order chi connectivity index (χ1) is 7.25. The van der Waals surface area contributed by atoms with Crippen molar-refractivity contribution in [1.29, 1.82) is 0 Å². The second-order valence-electron chi connectivity index (χ2n) is 3.50. The van der Waals surface area contributed by atoms with Gasteiger partial charge >= 0.3 is 0 Å². The minimum atomic E-state index is 0.0646. The van der Waals surface area contributed by atoms with Crippen LogP contribution in [0.4, 0.5) is 0 Å². The third-order valence-corrected chi connectivity index (χ3v) is 3.25. The van der Waals surface area contributed by atoms with Crippen LogP contribution in [0.1, 0.15) is 17.2 Å². The molecule has 2 rings (SSSR count). The SMILES string of the molecule is NC(Cc1cccc(Cl)c1)c1ccsc1. The van der Waals surface area contributed by atoms with E-state index in [1.165, 1.54) is 11.1 Å². The van der Waals surface area contributed by atoms with E-state index >= 15 is 0 Å². The monoisotopic (exact) mass is 237 g/mol. The standard InChI is InChI=1S/C12H12ClNS/c13-11-3-1-2-9(6-11)7-12(14)10-4-5-15-8-10/h1-6,8,12H,7,14H2. The fourth-order valence-corrected chi connectivity index (χ4v) is 2.46. The predicted octanol–water partition coefficient (Wildman–Crippen LogP) is 3.64. The lowest BCUT2D eigenvalue weighted by molar-refractivity contribution is 0.725. The molecule has 0 bridgehead atoms. The summed E-state index contributed by atoms with van der Waals surface area (Å²) >= 11 is 7.59. The highest BCUT2D eigenvalue weighted by Gasteiger charge is 2.07. The lowest BCUT2D eigenvalue weighted by Crippen LogP contribution is -2.12. The molecule has 3 heteroatoms. The zero-order chi connectivity index (χ0) is 10.7. The predicted molar refractivity (Wildman–Crippen MR) is 66.4 cm³/mol. The molecule has 0 fully saturated rings. The highest BCUT2D eigenvalue weighted by molar-refractivity contribution is 7.07. The van der Waals surface area contributed by atoms with Crippen LogP contribution < -0.4 is 5.73 Å². The maximum Gasteiger partial charge on any atom is 0.0408 e. The fourth-order valence-electron chi connectivity index (χ4n) is 1.52. The van der Waals surface area contributed by atoms with Crippen LogP contribution in [0.15, 0.2) is 41.1 Å². The number of nitrogens with two attached hydrogens (primary N) is 1. The van der Waals surface area contributed by atoms with Crippen molar-refractivity contribution in [2.75, 3.05) is 0 Å². The summed E-state index contributed by atoms with van der Waals surface area (Å²) in [5.74, 6) is 0. The van der Waals surface area contributed by atoms with Crippen molar-refractivity contribution in [3.8, 4) is 0 Å². The minimum absolute atomic E-state index is 0.0646. The Kier molecular flexibility index (Phi) is 3.41. The maximum absolute atomic E-state index is 6.09. The largest absolute Gasteiger partial charge is 0.324 e. The van der Waals surface area contributed by atoms with Gasteiger partial charge in [-0.05, 0) is 46.5 Å². The molecule has 1 atom stereocenters. The van der Waals surface area contributed by atoms with Crippen LogP contribution >= 0.6 is 22.9 Å². The molecule has 0 saturated carbocycles. The summed E-state index contributed by atoms with van der Waals surface area (Å²) in [6.45, 7) is 0. The van der Waals surface area contributed by atoms with Crippen LogP contribution in [0.25, 0.3) is 0 Å². The Morgan fingerprint density at radius 2 is 2.20 bits per heavy atom. The third-order valence-electron chi connectivity index (χ3n) is 2.32. The second-order valence-corrected chi connectivity index (χ2v) is 4.71. The van der Waals surface area contributed by atoms with Crippen molar-refractivity contribution < 1.29 is 0 Å². The summed E-state index contributed by atoms with van der Waals surface area (Å²) in [6, 6.07) is 9.99. The average molecular weight is 238 g/mol. The molecule has 1 aromatic carbocycles. The lowest BCUT2D eigenvalue weighted by atomic mass is 10.0. The van der Waals surface area contributed by atoms with Crippen molar-refractivity contribution in [2.45, 2.75) is 12.5 Å². The van der Waals surface area contributed by atoms with Crippen LogP contribution in [0.5, 0.6) is 0 Å². The van der Waals surface area contributed by atoms with Crippen molar-refractivity contribution in [2.24, 2.45) is 5.73 Å². The van der Waals surface area contributed by atoms with Gasteiger partial charge in [0.1, 0.15) is 0 Å². The van der Waals surface area contributed by atoms with Gasteiger partial charge in [0, 0.05) is 11.1 Å². The summed E-state index contributed by atoms with van der Waals surface area (Å²) in [5.41, 5.74) is 8.46. The van der Waals surface area contributed by atoms with Crippen molar-refractivity contribution in [3.63, 3.8) is 0 Å². The zero-order valence-electron chi connectivity index (χ0n) is 8.19. The lowest BCUT2D eigenvalue weighted by Gasteiger charge is -2.09. The minimum Gasteiger partial charge on any atom is -0.324 e. The van der Waals surface area contributed by atoms with E-state index in [4.69, 9.17) is 17.3 Å². The molecule has 0 saturated heterocycles. The Labute approximate surface area is 98.5 Å². The molecule has 1 unspecified atom stereocenters. The van der Waals surface area contributed by atoms with E-state index in [0.29, 0.717) is 0 Å². The molecule has 0 aliphatic rings. The Hall–Kier alpha value is -0.830. The van der Waals surface area contributed by atoms with Crippen molar-refractivity contribution in [1.82, 2.24) is 0 Å². The molecule has 2 aromatic rings. The Morgan fingerprint density at radius 3 is 2.87 bits per heavy atom. The second kappa shape index (κ2) is 4.79. The summed E-state index contributed by atoms with van der Waals surface area (Å²) < 4.78 is 0.